The number of hydrogen-bond acceptors (Lipinski definition) is 4. The number of aromatic nitrogens is 1. The van der Waals surface area contributed by atoms with Crippen molar-refractivity contribution in [2.75, 3.05) is 0 Å². The van der Waals surface area contributed by atoms with Crippen LogP contribution in [0.2, 0.25) is 0 Å². The van der Waals surface area contributed by atoms with Gasteiger partial charge in [-0.2, -0.15) is 0 Å². The summed E-state index contributed by atoms with van der Waals surface area (Å²) in [6.07, 6.45) is 0.0243. The topological polar surface area (TPSA) is 92.7 Å². The minimum atomic E-state index is -0.878. The van der Waals surface area contributed by atoms with E-state index >= 15 is 0 Å². The van der Waals surface area contributed by atoms with E-state index in [9.17, 15) is 14.7 Å². The molecule has 0 bridgehead atoms. The zero-order chi connectivity index (χ0) is 14.0. The lowest BCUT2D eigenvalue weighted by atomic mass is 10.0. The Balaban J connectivity index is 2.16. The summed E-state index contributed by atoms with van der Waals surface area (Å²) in [6, 6.07) is 5.03. The first-order valence-electron chi connectivity index (χ1n) is 5.98. The lowest BCUT2D eigenvalue weighted by Gasteiger charge is -2.09. The molecule has 1 aromatic heterocycles. The average Bonchev–Trinajstić information content (AvgIpc) is 2.64. The molecule has 0 saturated carbocycles. The molecule has 0 saturated heterocycles. The van der Waals surface area contributed by atoms with Crippen LogP contribution in [0.4, 0.5) is 0 Å². The summed E-state index contributed by atoms with van der Waals surface area (Å²) in [5, 5.41) is 18.5. The van der Waals surface area contributed by atoms with E-state index in [1.165, 1.54) is 4.57 Å². The molecule has 1 aromatic carbocycles. The third kappa shape index (κ3) is 2.85. The predicted octanol–water partition coefficient (Wildman–Crippen LogP) is 1.42. The van der Waals surface area contributed by atoms with Crippen molar-refractivity contribution in [2.45, 2.75) is 25.4 Å². The second kappa shape index (κ2) is 5.27. The van der Waals surface area contributed by atoms with E-state index in [0.717, 1.165) is 0 Å². The van der Waals surface area contributed by atoms with Crippen molar-refractivity contribution >= 4 is 17.1 Å². The molecule has 2 rings (SSSR count). The number of carboxylic acid groups (broad SMARTS) is 1. The molecule has 6 heteroatoms. The molecule has 0 fully saturated rings. The fraction of sp³-hybridized carbons (Fsp3) is 0.385. The number of rotatable bonds is 5. The number of aliphatic hydroxyl groups excluding tert-OH is 1. The van der Waals surface area contributed by atoms with Gasteiger partial charge in [0.05, 0.1) is 11.6 Å². The van der Waals surface area contributed by atoms with Crippen LogP contribution in [0.5, 0.6) is 0 Å². The van der Waals surface area contributed by atoms with E-state index in [1.807, 2.05) is 0 Å². The van der Waals surface area contributed by atoms with Crippen LogP contribution < -0.4 is 5.76 Å². The molecule has 0 aliphatic carbocycles. The molecule has 19 heavy (non-hydrogen) atoms. The highest BCUT2D eigenvalue weighted by atomic mass is 16.4. The Labute approximate surface area is 108 Å². The first-order valence-corrected chi connectivity index (χ1v) is 5.98. The molecular weight excluding hydrogens is 250 g/mol. The summed E-state index contributed by atoms with van der Waals surface area (Å²) in [6.45, 7) is 0. The van der Waals surface area contributed by atoms with E-state index in [1.54, 1.807) is 25.2 Å². The van der Waals surface area contributed by atoms with Crippen LogP contribution in [0.25, 0.3) is 11.1 Å². The molecule has 2 N–H and O–H groups in total. The minimum Gasteiger partial charge on any atom is -0.481 e. The van der Waals surface area contributed by atoms with Gasteiger partial charge < -0.3 is 14.6 Å². The van der Waals surface area contributed by atoms with Gasteiger partial charge in [-0.25, -0.2) is 4.79 Å². The quantitative estimate of drug-likeness (QED) is 0.852. The first-order chi connectivity index (χ1) is 8.99. The van der Waals surface area contributed by atoms with Gasteiger partial charge in [0, 0.05) is 13.5 Å². The smallest absolute Gasteiger partial charge is 0.419 e. The third-order valence-electron chi connectivity index (χ3n) is 3.07. The van der Waals surface area contributed by atoms with Crippen LogP contribution in [0, 0.1) is 0 Å². The SMILES string of the molecule is Cn1c(=O)oc2cc(C(O)CCCC(=O)O)ccc21. The molecule has 0 spiro atoms. The Morgan fingerprint density at radius 2 is 2.21 bits per heavy atom. The normalized spacial score (nSPS) is 12.7. The molecule has 1 unspecified atom stereocenters. The van der Waals surface area contributed by atoms with Gasteiger partial charge in [0.1, 0.15) is 0 Å². The minimum absolute atomic E-state index is 0.0275. The molecule has 0 amide bonds. The van der Waals surface area contributed by atoms with Crippen LogP contribution in [-0.4, -0.2) is 20.7 Å². The number of hydrogen-bond donors (Lipinski definition) is 2. The van der Waals surface area contributed by atoms with E-state index in [-0.39, 0.29) is 6.42 Å². The number of aliphatic carboxylic acids is 1. The highest BCUT2D eigenvalue weighted by Gasteiger charge is 2.12. The number of carbonyl (C=O) groups is 1. The van der Waals surface area contributed by atoms with Gasteiger partial charge in [-0.05, 0) is 30.5 Å². The van der Waals surface area contributed by atoms with Gasteiger partial charge in [0.2, 0.25) is 0 Å². The number of carboxylic acids is 1. The van der Waals surface area contributed by atoms with Gasteiger partial charge in [-0.15, -0.1) is 0 Å². The molecule has 2 aromatic rings. The molecule has 0 aliphatic heterocycles. The highest BCUT2D eigenvalue weighted by molar-refractivity contribution is 5.73. The van der Waals surface area contributed by atoms with Crippen molar-refractivity contribution in [2.24, 2.45) is 7.05 Å². The number of benzene rings is 1. The standard InChI is InChI=1S/C13H15NO5/c1-14-9-6-5-8(7-11(9)19-13(14)18)10(15)3-2-4-12(16)17/h5-7,10,15H,2-4H2,1H3,(H,16,17). The zero-order valence-electron chi connectivity index (χ0n) is 10.5. The van der Waals surface area contributed by atoms with E-state index in [4.69, 9.17) is 9.52 Å². The molecule has 0 radical (unpaired) electrons. The van der Waals surface area contributed by atoms with E-state index < -0.39 is 17.8 Å². The van der Waals surface area contributed by atoms with Crippen LogP contribution in [-0.2, 0) is 11.8 Å². The van der Waals surface area contributed by atoms with Crippen LogP contribution >= 0.6 is 0 Å². The number of nitrogens with zero attached hydrogens (tertiary/aromatic N) is 1. The van der Waals surface area contributed by atoms with Crippen molar-refractivity contribution < 1.29 is 19.4 Å². The summed E-state index contributed by atoms with van der Waals surface area (Å²) in [5.74, 6) is -1.33. The van der Waals surface area contributed by atoms with Crippen molar-refractivity contribution in [1.82, 2.24) is 4.57 Å². The molecule has 0 aliphatic rings. The number of fused-ring (bicyclic) bond motifs is 1. The summed E-state index contributed by atoms with van der Waals surface area (Å²) in [4.78, 5) is 21.7. The Bertz CT molecular complexity index is 655. The molecular formula is C13H15NO5. The first kappa shape index (κ1) is 13.4. The summed E-state index contributed by atoms with van der Waals surface area (Å²) in [5.41, 5.74) is 1.70. The zero-order valence-corrected chi connectivity index (χ0v) is 10.5. The Hall–Kier alpha value is -2.08. The largest absolute Gasteiger partial charge is 0.481 e. The second-order valence-corrected chi connectivity index (χ2v) is 4.46. The summed E-state index contributed by atoms with van der Waals surface area (Å²) < 4.78 is 6.42. The van der Waals surface area contributed by atoms with Crippen molar-refractivity contribution in [1.29, 1.82) is 0 Å². The van der Waals surface area contributed by atoms with Gasteiger partial charge >= 0.3 is 11.7 Å². The maximum atomic E-state index is 11.3. The Morgan fingerprint density at radius 3 is 2.89 bits per heavy atom. The number of aliphatic hydroxyl groups is 1. The lowest BCUT2D eigenvalue weighted by molar-refractivity contribution is -0.137. The maximum absolute atomic E-state index is 11.3. The monoisotopic (exact) mass is 265 g/mol. The van der Waals surface area contributed by atoms with E-state index in [2.05, 4.69) is 0 Å². The fourth-order valence-electron chi connectivity index (χ4n) is 1.97. The molecule has 1 atom stereocenters. The van der Waals surface area contributed by atoms with Crippen molar-refractivity contribution in [3.05, 3.63) is 34.3 Å². The van der Waals surface area contributed by atoms with Gasteiger partial charge in [0.15, 0.2) is 5.58 Å². The highest BCUT2D eigenvalue weighted by Crippen LogP contribution is 2.23. The van der Waals surface area contributed by atoms with Gasteiger partial charge in [-0.3, -0.25) is 9.36 Å². The van der Waals surface area contributed by atoms with Crippen molar-refractivity contribution in [3.8, 4) is 0 Å². The third-order valence-corrected chi connectivity index (χ3v) is 3.07. The Morgan fingerprint density at radius 1 is 1.47 bits per heavy atom. The van der Waals surface area contributed by atoms with Gasteiger partial charge in [-0.1, -0.05) is 6.07 Å². The van der Waals surface area contributed by atoms with Crippen LogP contribution in [0.15, 0.2) is 27.4 Å². The van der Waals surface area contributed by atoms with Crippen LogP contribution in [0.3, 0.4) is 0 Å². The van der Waals surface area contributed by atoms with Gasteiger partial charge in [0.25, 0.3) is 0 Å². The second-order valence-electron chi connectivity index (χ2n) is 4.46. The summed E-state index contributed by atoms with van der Waals surface area (Å²) >= 11 is 0. The fourth-order valence-corrected chi connectivity index (χ4v) is 1.97. The summed E-state index contributed by atoms with van der Waals surface area (Å²) in [7, 11) is 1.61. The number of aryl methyl sites for hydroxylation is 1. The number of oxazole rings is 1. The Kier molecular flexibility index (Phi) is 3.71. The van der Waals surface area contributed by atoms with E-state index in [0.29, 0.717) is 29.5 Å². The van der Waals surface area contributed by atoms with Crippen molar-refractivity contribution in [3.63, 3.8) is 0 Å². The predicted molar refractivity (Wildman–Crippen MR) is 67.9 cm³/mol. The van der Waals surface area contributed by atoms with Crippen LogP contribution in [0.1, 0.15) is 30.9 Å². The molecule has 6 nitrogen and oxygen atoms in total. The molecule has 1 heterocycles. The molecule has 102 valence electrons. The lowest BCUT2D eigenvalue weighted by Crippen LogP contribution is -2.08. The average molecular weight is 265 g/mol. The maximum Gasteiger partial charge on any atom is 0.419 e.